The van der Waals surface area contributed by atoms with E-state index < -0.39 is 102 Å². The lowest BCUT2D eigenvalue weighted by Crippen LogP contribution is -2.61. The normalized spacial score (nSPS) is 49.0. The Morgan fingerprint density at radius 2 is 1.53 bits per heavy atom. The van der Waals surface area contributed by atoms with Crippen molar-refractivity contribution in [1.29, 1.82) is 0 Å². The molecule has 18 atom stereocenters. The van der Waals surface area contributed by atoms with Gasteiger partial charge in [-0.05, 0) is 74.9 Å². The van der Waals surface area contributed by atoms with Gasteiger partial charge in [0.2, 0.25) is 0 Å². The zero-order valence-corrected chi connectivity index (χ0v) is 34.4. The highest BCUT2D eigenvalue weighted by Crippen LogP contribution is 2.41. The van der Waals surface area contributed by atoms with Gasteiger partial charge in [0.15, 0.2) is 12.6 Å². The number of ether oxygens (including phenoxy) is 6. The summed E-state index contributed by atoms with van der Waals surface area (Å²) in [7, 11) is 6.60. The van der Waals surface area contributed by atoms with E-state index in [-0.39, 0.29) is 31.4 Å². The number of oxime groups is 1. The summed E-state index contributed by atoms with van der Waals surface area (Å²) in [5, 5.41) is 62.8. The number of likely N-dealkylation sites (N-methyl/N-ethyl adjacent to an activating group) is 1. The van der Waals surface area contributed by atoms with Crippen LogP contribution in [-0.2, 0) is 38.1 Å². The van der Waals surface area contributed by atoms with Crippen molar-refractivity contribution in [2.24, 2.45) is 28.8 Å². The van der Waals surface area contributed by atoms with Gasteiger partial charge in [-0.2, -0.15) is 0 Å². The Bertz CT molecular complexity index is 1220. The predicted octanol–water partition coefficient (Wildman–Crippen LogP) is 2.22. The number of hydrogen-bond donors (Lipinski definition) is 5. The summed E-state index contributed by atoms with van der Waals surface area (Å²) in [5.74, 6) is -3.90. The van der Waals surface area contributed by atoms with Gasteiger partial charge >= 0.3 is 5.97 Å². The Hall–Kier alpha value is -1.50. The number of esters is 1. The molecule has 3 saturated heterocycles. The van der Waals surface area contributed by atoms with Crippen LogP contribution in [0.25, 0.3) is 0 Å². The number of carbonyl (C=O) groups is 1. The number of carbonyl (C=O) groups excluding carboxylic acids is 1. The van der Waals surface area contributed by atoms with Crippen molar-refractivity contribution in [2.75, 3.05) is 28.3 Å². The first-order valence-corrected chi connectivity index (χ1v) is 19.1. The van der Waals surface area contributed by atoms with Crippen molar-refractivity contribution in [3.63, 3.8) is 0 Å². The molecule has 3 aliphatic heterocycles. The van der Waals surface area contributed by atoms with E-state index in [2.05, 4.69) is 5.16 Å². The largest absolute Gasteiger partial charge is 0.459 e. The SMILES string of the molecule is CC[C@H]1OC(=O)[C@H](C)[C@@H](OC2CC(C)(OC)C(O)C(C)O2)C(C)[C@@H](OC2OC(C)CC(N(C)C)C2O)[C@](C)(O)C[C@@H](C)/C(=N\OC)[C@H](C)[C@@H](O)[C@]1(C)O. The molecule has 0 bridgehead atoms. The quantitative estimate of drug-likeness (QED) is 0.178. The third kappa shape index (κ3) is 10.1. The summed E-state index contributed by atoms with van der Waals surface area (Å²) in [6.07, 6.45) is -9.08. The molecule has 0 saturated carbocycles. The van der Waals surface area contributed by atoms with Crippen LogP contribution in [-0.4, -0.2) is 155 Å². The molecule has 3 aliphatic rings. The first-order valence-electron chi connectivity index (χ1n) is 19.1. The van der Waals surface area contributed by atoms with Crippen molar-refractivity contribution < 1.29 is 63.6 Å². The van der Waals surface area contributed by atoms with Crippen LogP contribution in [0, 0.1) is 23.7 Å². The number of cyclic esters (lactones) is 1. The number of aliphatic hydroxyl groups is 5. The summed E-state index contributed by atoms with van der Waals surface area (Å²) in [5.41, 5.74) is -4.30. The molecule has 53 heavy (non-hydrogen) atoms. The van der Waals surface area contributed by atoms with Crippen LogP contribution in [0.5, 0.6) is 0 Å². The number of nitrogens with zero attached hydrogens (tertiary/aromatic N) is 2. The summed E-state index contributed by atoms with van der Waals surface area (Å²) in [6.45, 7) is 17.0. The molecule has 15 nitrogen and oxygen atoms in total. The molecule has 0 aliphatic carbocycles. The predicted molar refractivity (Wildman–Crippen MR) is 196 cm³/mol. The number of aliphatic hydroxyl groups excluding tert-OH is 3. The van der Waals surface area contributed by atoms with Gasteiger partial charge in [0.05, 0.1) is 53.4 Å². The van der Waals surface area contributed by atoms with Crippen LogP contribution in [0.1, 0.15) is 94.9 Å². The first kappa shape index (κ1) is 45.9. The molecular weight excluding hydrogens is 692 g/mol. The minimum atomic E-state index is -1.91. The summed E-state index contributed by atoms with van der Waals surface area (Å²) in [4.78, 5) is 21.3. The third-order valence-corrected chi connectivity index (χ3v) is 12.1. The molecule has 0 spiro atoms. The average molecular weight is 763 g/mol. The fraction of sp³-hybridized carbons (Fsp3) is 0.947. The molecule has 310 valence electrons. The lowest BCUT2D eigenvalue weighted by Gasteiger charge is -2.49. The zero-order chi connectivity index (χ0) is 40.4. The Balaban J connectivity index is 2.23. The Morgan fingerprint density at radius 1 is 0.906 bits per heavy atom. The molecule has 3 rings (SSSR count). The van der Waals surface area contributed by atoms with Gasteiger partial charge in [0, 0.05) is 37.3 Å². The van der Waals surface area contributed by atoms with Crippen LogP contribution in [0.15, 0.2) is 5.16 Å². The molecule has 0 radical (unpaired) electrons. The molecular formula is C38H70N2O13. The Labute approximate surface area is 316 Å². The molecule has 0 amide bonds. The van der Waals surface area contributed by atoms with Gasteiger partial charge < -0.3 is 63.7 Å². The van der Waals surface area contributed by atoms with Crippen molar-refractivity contribution in [3.8, 4) is 0 Å². The topological polar surface area (TPSA) is 198 Å². The molecule has 0 aromatic rings. The maximum absolute atomic E-state index is 14.2. The number of hydrogen-bond acceptors (Lipinski definition) is 15. The van der Waals surface area contributed by atoms with E-state index in [1.54, 1.807) is 48.5 Å². The lowest BCUT2D eigenvalue weighted by atomic mass is 9.73. The van der Waals surface area contributed by atoms with Crippen LogP contribution in [0.3, 0.4) is 0 Å². The Kier molecular flexibility index (Phi) is 15.7. The minimum absolute atomic E-state index is 0.0204. The van der Waals surface area contributed by atoms with E-state index in [9.17, 15) is 30.3 Å². The van der Waals surface area contributed by atoms with Crippen molar-refractivity contribution in [2.45, 2.75) is 179 Å². The first-order chi connectivity index (χ1) is 24.5. The number of methoxy groups -OCH3 is 1. The van der Waals surface area contributed by atoms with Gasteiger partial charge in [-0.25, -0.2) is 0 Å². The van der Waals surface area contributed by atoms with Gasteiger partial charge in [-0.1, -0.05) is 32.9 Å². The van der Waals surface area contributed by atoms with Gasteiger partial charge in [0.1, 0.15) is 31.0 Å². The van der Waals surface area contributed by atoms with E-state index in [1.807, 2.05) is 32.8 Å². The maximum Gasteiger partial charge on any atom is 0.311 e. The van der Waals surface area contributed by atoms with E-state index in [4.69, 9.17) is 33.3 Å². The van der Waals surface area contributed by atoms with Crippen molar-refractivity contribution in [1.82, 2.24) is 4.90 Å². The molecule has 3 fully saturated rings. The second kappa shape index (κ2) is 18.2. The fourth-order valence-corrected chi connectivity index (χ4v) is 8.70. The molecule has 5 N–H and O–H groups in total. The minimum Gasteiger partial charge on any atom is -0.459 e. The van der Waals surface area contributed by atoms with Crippen LogP contribution in [0.2, 0.25) is 0 Å². The Morgan fingerprint density at radius 3 is 2.08 bits per heavy atom. The van der Waals surface area contributed by atoms with Crippen LogP contribution >= 0.6 is 0 Å². The number of rotatable bonds is 8. The molecule has 0 aromatic carbocycles. The van der Waals surface area contributed by atoms with E-state index in [0.717, 1.165) is 0 Å². The highest BCUT2D eigenvalue weighted by atomic mass is 16.7. The fourth-order valence-electron chi connectivity index (χ4n) is 8.70. The lowest BCUT2D eigenvalue weighted by molar-refractivity contribution is -0.317. The molecule has 15 heteroatoms. The summed E-state index contributed by atoms with van der Waals surface area (Å²) in [6, 6.07) is -0.306. The zero-order valence-electron chi connectivity index (χ0n) is 34.4. The smallest absolute Gasteiger partial charge is 0.311 e. The van der Waals surface area contributed by atoms with E-state index >= 15 is 0 Å². The standard InChI is InChI=1S/C38H70N2O13/c1-15-26-38(10,46)31(42)21(4)28(39-48-14)19(2)17-36(8,45)33(53-35-29(41)25(40(11)12)16-20(3)49-35)22(5)30(23(6)34(44)51-26)52-27-18-37(9,47-13)32(43)24(7)50-27/h19-27,29-33,35,41-43,45-46H,15-18H2,1-14H3/b39-28+/t19-,20?,21+,22?,23-,24?,25?,26-,27?,29?,30+,31-,32?,33-,35?,36-,37?,38-/m1/s1. The monoisotopic (exact) mass is 762 g/mol. The van der Waals surface area contributed by atoms with Crippen molar-refractivity contribution >= 4 is 11.7 Å². The second-order valence-corrected chi connectivity index (χ2v) is 16.8. The highest BCUT2D eigenvalue weighted by molar-refractivity contribution is 5.88. The molecule has 0 aromatic heterocycles. The average Bonchev–Trinajstić information content (AvgIpc) is 3.08. The van der Waals surface area contributed by atoms with Crippen LogP contribution < -0.4 is 0 Å². The summed E-state index contributed by atoms with van der Waals surface area (Å²) >= 11 is 0. The van der Waals surface area contributed by atoms with Gasteiger partial charge in [0.25, 0.3) is 0 Å². The van der Waals surface area contributed by atoms with Gasteiger partial charge in [-0.3, -0.25) is 4.79 Å². The van der Waals surface area contributed by atoms with E-state index in [1.165, 1.54) is 21.1 Å². The summed E-state index contributed by atoms with van der Waals surface area (Å²) < 4.78 is 37.4. The van der Waals surface area contributed by atoms with Gasteiger partial charge in [-0.15, -0.1) is 0 Å². The maximum atomic E-state index is 14.2. The second-order valence-electron chi connectivity index (χ2n) is 16.8. The highest BCUT2D eigenvalue weighted by Gasteiger charge is 2.53. The van der Waals surface area contributed by atoms with E-state index in [0.29, 0.717) is 12.1 Å². The third-order valence-electron chi connectivity index (χ3n) is 12.1. The molecule has 9 unspecified atom stereocenters. The molecule has 3 heterocycles. The van der Waals surface area contributed by atoms with Crippen LogP contribution in [0.4, 0.5) is 0 Å². The van der Waals surface area contributed by atoms with Crippen molar-refractivity contribution in [3.05, 3.63) is 0 Å².